The maximum absolute atomic E-state index is 6.47. The molecule has 0 aliphatic carbocycles. The number of hydrogen-bond donors (Lipinski definition) is 0. The van der Waals surface area contributed by atoms with Crippen LogP contribution in [0.25, 0.3) is 77.1 Å². The molecule has 4 heterocycles. The van der Waals surface area contributed by atoms with Crippen LogP contribution in [0.1, 0.15) is 0 Å². The molecule has 4 nitrogen and oxygen atoms in total. The molecular formula is C53H35N3OS. The molecule has 0 amide bonds. The Hall–Kier alpha value is -7.34. The summed E-state index contributed by atoms with van der Waals surface area (Å²) < 4.78 is 11.2. The Balaban J connectivity index is 1.18. The fourth-order valence-electron chi connectivity index (χ4n) is 9.23. The first-order chi connectivity index (χ1) is 28.8. The van der Waals surface area contributed by atoms with Gasteiger partial charge in [0.1, 0.15) is 17.0 Å². The average molecular weight is 762 g/mol. The number of fused-ring (bicyclic) bond motifs is 10. The first-order valence-electron chi connectivity index (χ1n) is 19.6. The van der Waals surface area contributed by atoms with Crippen LogP contribution in [0.5, 0.6) is 0 Å². The van der Waals surface area contributed by atoms with Gasteiger partial charge in [0, 0.05) is 47.3 Å². The van der Waals surface area contributed by atoms with Crippen molar-refractivity contribution < 1.29 is 4.42 Å². The average Bonchev–Trinajstić information content (AvgIpc) is 3.95. The van der Waals surface area contributed by atoms with Crippen molar-refractivity contribution in [3.63, 3.8) is 0 Å². The van der Waals surface area contributed by atoms with E-state index in [-0.39, 0.29) is 0 Å². The SMILES string of the molecule is c1ccc(S(c2ccccc2)(c2cccc(-n3c4ccccc4c4ccc5oc6ccccc6c5c43)c2)c2cccc(-n3c4ccccc4c4ccccc43)n2)cc1. The minimum atomic E-state index is -2.17. The molecule has 274 valence electrons. The zero-order valence-electron chi connectivity index (χ0n) is 31.4. The Labute approximate surface area is 336 Å². The van der Waals surface area contributed by atoms with Crippen LogP contribution in [-0.2, 0) is 0 Å². The summed E-state index contributed by atoms with van der Waals surface area (Å²) >= 11 is 0. The molecule has 12 aromatic rings. The summed E-state index contributed by atoms with van der Waals surface area (Å²) in [6.45, 7) is 0. The van der Waals surface area contributed by atoms with Crippen molar-refractivity contribution in [3.05, 3.63) is 212 Å². The number of nitrogens with zero attached hydrogens (tertiary/aromatic N) is 3. The van der Waals surface area contributed by atoms with Gasteiger partial charge in [-0.15, -0.1) is 10.0 Å². The summed E-state index contributed by atoms with van der Waals surface area (Å²) in [5.41, 5.74) is 7.43. The topological polar surface area (TPSA) is 35.9 Å². The fourth-order valence-corrected chi connectivity index (χ4v) is 13.0. The molecule has 58 heavy (non-hydrogen) atoms. The standard InChI is InChI=1S/C53H35N3OS/c1-3-18-37(19-4-1)58(38-20-5-2-6-21-38,51-32-16-31-50(54-51)56-46-28-12-7-23-40(46)41-24-8-13-29-47(41)56)39-22-15-17-36(35-39)55-45-27-11-9-25-42(45)43-33-34-49-52(53(43)55)44-26-10-14-30-48(44)57-49/h1-35H. The minimum absolute atomic E-state index is 0.883. The van der Waals surface area contributed by atoms with Crippen molar-refractivity contribution in [2.45, 2.75) is 19.7 Å². The van der Waals surface area contributed by atoms with Crippen molar-refractivity contribution in [3.8, 4) is 11.5 Å². The minimum Gasteiger partial charge on any atom is -0.456 e. The van der Waals surface area contributed by atoms with E-state index < -0.39 is 10.0 Å². The second kappa shape index (κ2) is 12.8. The number of aromatic nitrogens is 3. The molecule has 4 aromatic heterocycles. The fraction of sp³-hybridized carbons (Fsp3) is 0. The number of rotatable bonds is 6. The highest BCUT2D eigenvalue weighted by atomic mass is 32.3. The lowest BCUT2D eigenvalue weighted by molar-refractivity contribution is 0.669. The predicted molar refractivity (Wildman–Crippen MR) is 240 cm³/mol. The summed E-state index contributed by atoms with van der Waals surface area (Å²) in [5.74, 6) is 0.895. The molecule has 0 spiro atoms. The monoisotopic (exact) mass is 761 g/mol. The van der Waals surface area contributed by atoms with Crippen LogP contribution in [0.2, 0.25) is 0 Å². The maximum Gasteiger partial charge on any atom is 0.138 e. The molecule has 0 aliphatic rings. The Bertz CT molecular complexity index is 3430. The number of pyridine rings is 1. The maximum atomic E-state index is 6.47. The van der Waals surface area contributed by atoms with E-state index in [1.807, 2.05) is 6.07 Å². The molecule has 0 aliphatic heterocycles. The molecule has 0 N–H and O–H groups in total. The van der Waals surface area contributed by atoms with Gasteiger partial charge in [-0.3, -0.25) is 4.57 Å². The second-order valence-electron chi connectivity index (χ2n) is 14.7. The van der Waals surface area contributed by atoms with Gasteiger partial charge in [-0.25, -0.2) is 4.98 Å². The van der Waals surface area contributed by atoms with Gasteiger partial charge in [0.25, 0.3) is 0 Å². The Morgan fingerprint density at radius 1 is 0.379 bits per heavy atom. The summed E-state index contributed by atoms with van der Waals surface area (Å²) in [4.78, 5) is 9.39. The lowest BCUT2D eigenvalue weighted by atomic mass is 10.1. The van der Waals surface area contributed by atoms with E-state index in [1.165, 1.54) is 36.2 Å². The van der Waals surface area contributed by atoms with Crippen LogP contribution in [0.4, 0.5) is 0 Å². The van der Waals surface area contributed by atoms with Crippen LogP contribution < -0.4 is 0 Å². The highest BCUT2D eigenvalue weighted by Crippen LogP contribution is 2.73. The molecular weight excluding hydrogens is 727 g/mol. The molecule has 0 radical (unpaired) electrons. The third-order valence-electron chi connectivity index (χ3n) is 11.6. The van der Waals surface area contributed by atoms with Crippen molar-refractivity contribution in [2.24, 2.45) is 0 Å². The normalized spacial score (nSPS) is 12.4. The summed E-state index contributed by atoms with van der Waals surface area (Å²) in [5, 5.41) is 8.10. The number of benzene rings is 8. The highest BCUT2D eigenvalue weighted by Gasteiger charge is 2.35. The van der Waals surface area contributed by atoms with E-state index in [0.717, 1.165) is 60.5 Å². The van der Waals surface area contributed by atoms with Crippen LogP contribution in [0.3, 0.4) is 0 Å². The summed E-state index contributed by atoms with van der Waals surface area (Å²) in [6.07, 6.45) is 0. The smallest absolute Gasteiger partial charge is 0.138 e. The Morgan fingerprint density at radius 3 is 1.59 bits per heavy atom. The van der Waals surface area contributed by atoms with Crippen LogP contribution in [-0.4, -0.2) is 14.1 Å². The first-order valence-corrected chi connectivity index (χ1v) is 21.3. The van der Waals surface area contributed by atoms with Crippen LogP contribution >= 0.6 is 10.0 Å². The van der Waals surface area contributed by atoms with Gasteiger partial charge in [0.05, 0.1) is 32.5 Å². The largest absolute Gasteiger partial charge is 0.456 e. The van der Waals surface area contributed by atoms with Crippen molar-refractivity contribution in [1.29, 1.82) is 0 Å². The zero-order valence-corrected chi connectivity index (χ0v) is 32.2. The molecule has 0 saturated carbocycles. The third kappa shape index (κ3) is 4.68. The van der Waals surface area contributed by atoms with Gasteiger partial charge >= 0.3 is 0 Å². The second-order valence-corrected chi connectivity index (χ2v) is 17.8. The van der Waals surface area contributed by atoms with E-state index in [0.29, 0.717) is 0 Å². The van der Waals surface area contributed by atoms with Crippen molar-refractivity contribution in [2.75, 3.05) is 0 Å². The molecule has 0 unspecified atom stereocenters. The quantitative estimate of drug-likeness (QED) is 0.169. The van der Waals surface area contributed by atoms with Crippen LogP contribution in [0.15, 0.2) is 236 Å². The third-order valence-corrected chi connectivity index (χ3v) is 15.4. The molecule has 8 aromatic carbocycles. The molecule has 0 bridgehead atoms. The lowest BCUT2D eigenvalue weighted by Crippen LogP contribution is -2.09. The van der Waals surface area contributed by atoms with Gasteiger partial charge in [-0.05, 0) is 91.0 Å². The van der Waals surface area contributed by atoms with Gasteiger partial charge < -0.3 is 8.98 Å². The van der Waals surface area contributed by atoms with Gasteiger partial charge in [-0.1, -0.05) is 121 Å². The predicted octanol–water partition coefficient (Wildman–Crippen LogP) is 14.5. The molecule has 0 fully saturated rings. The van der Waals surface area contributed by atoms with E-state index in [4.69, 9.17) is 9.40 Å². The Kier molecular flexibility index (Phi) is 7.28. The van der Waals surface area contributed by atoms with E-state index in [1.54, 1.807) is 0 Å². The summed E-state index contributed by atoms with van der Waals surface area (Å²) in [7, 11) is -2.17. The van der Waals surface area contributed by atoms with Gasteiger partial charge in [0.15, 0.2) is 0 Å². The lowest BCUT2D eigenvalue weighted by Gasteiger charge is -2.41. The van der Waals surface area contributed by atoms with Crippen molar-refractivity contribution >= 4 is 75.6 Å². The highest BCUT2D eigenvalue weighted by molar-refractivity contribution is 8.33. The van der Waals surface area contributed by atoms with E-state index in [2.05, 4.69) is 215 Å². The van der Waals surface area contributed by atoms with Gasteiger partial charge in [0.2, 0.25) is 0 Å². The number of furan rings is 1. The molecule has 0 atom stereocenters. The number of para-hydroxylation sites is 4. The molecule has 5 heteroatoms. The Morgan fingerprint density at radius 2 is 0.914 bits per heavy atom. The first kappa shape index (κ1) is 32.9. The number of hydrogen-bond acceptors (Lipinski definition) is 2. The van der Waals surface area contributed by atoms with E-state index in [9.17, 15) is 0 Å². The van der Waals surface area contributed by atoms with Gasteiger partial charge in [-0.2, -0.15) is 0 Å². The molecule has 0 saturated heterocycles. The van der Waals surface area contributed by atoms with Crippen LogP contribution in [0, 0.1) is 0 Å². The van der Waals surface area contributed by atoms with E-state index >= 15 is 0 Å². The zero-order chi connectivity index (χ0) is 38.2. The van der Waals surface area contributed by atoms with Crippen molar-refractivity contribution in [1.82, 2.24) is 14.1 Å². The molecule has 12 rings (SSSR count). The summed E-state index contributed by atoms with van der Waals surface area (Å²) in [6, 6.07) is 76.5.